The number of rotatable bonds is 8. The summed E-state index contributed by atoms with van der Waals surface area (Å²) in [4.78, 5) is 22.6. The first-order chi connectivity index (χ1) is 13.9. The van der Waals surface area contributed by atoms with E-state index in [0.29, 0.717) is 18.7 Å². The van der Waals surface area contributed by atoms with Crippen LogP contribution in [0.3, 0.4) is 0 Å². The number of carbonyl (C=O) groups excluding carboxylic acids is 1. The summed E-state index contributed by atoms with van der Waals surface area (Å²) in [5.74, 6) is -0.259. The van der Waals surface area contributed by atoms with E-state index in [9.17, 15) is 36.5 Å². The number of benzene rings is 2. The smallest absolute Gasteiger partial charge is 0.379 e. The van der Waals surface area contributed by atoms with Gasteiger partial charge in [0.25, 0.3) is 15.5 Å². The summed E-state index contributed by atoms with van der Waals surface area (Å²) in [7, 11) is -4.13. The number of alkyl halides is 3. The Hall–Kier alpha value is -3.15. The Morgan fingerprint density at radius 3 is 2.37 bits per heavy atom. The summed E-state index contributed by atoms with van der Waals surface area (Å²) in [6, 6.07) is 11.0. The molecule has 0 heterocycles. The largest absolute Gasteiger partial charge is 0.501 e. The first kappa shape index (κ1) is 23.1. The van der Waals surface area contributed by atoms with Crippen molar-refractivity contribution < 1.29 is 31.3 Å². The van der Waals surface area contributed by atoms with Gasteiger partial charge in [-0.3, -0.25) is 14.9 Å². The van der Waals surface area contributed by atoms with E-state index in [0.717, 1.165) is 11.6 Å². The van der Waals surface area contributed by atoms with Crippen molar-refractivity contribution in [3.63, 3.8) is 0 Å². The predicted octanol–water partition coefficient (Wildman–Crippen LogP) is 3.35. The standard InChI is InChI=1S/C18H18F3N3O5S/c1-23(12-13-5-3-2-4-6-13)17(25)9-10-22-15-8-7-14(11-16(15)24(26)27)30(28,29)18(19,20)21/h2-8,11,22H,9-10,12H2,1H3. The SMILES string of the molecule is CN(Cc1ccccc1)C(=O)CCNc1ccc(S(=O)(=O)C(F)(F)F)cc1[N+](=O)[O-]. The molecule has 0 atom stereocenters. The molecule has 0 radical (unpaired) electrons. The lowest BCUT2D eigenvalue weighted by molar-refractivity contribution is -0.384. The van der Waals surface area contributed by atoms with Crippen molar-refractivity contribution in [2.45, 2.75) is 23.4 Å². The molecule has 1 amide bonds. The number of nitrogens with one attached hydrogen (secondary N) is 1. The van der Waals surface area contributed by atoms with Crippen LogP contribution in [0, 0.1) is 10.1 Å². The van der Waals surface area contributed by atoms with Gasteiger partial charge in [0.05, 0.1) is 9.82 Å². The molecule has 8 nitrogen and oxygen atoms in total. The Balaban J connectivity index is 2.06. The van der Waals surface area contributed by atoms with Crippen LogP contribution in [0.15, 0.2) is 53.4 Å². The minimum absolute atomic E-state index is 0.0375. The molecule has 0 fully saturated rings. The van der Waals surface area contributed by atoms with Gasteiger partial charge in [-0.25, -0.2) is 8.42 Å². The molecule has 0 saturated heterocycles. The van der Waals surface area contributed by atoms with Crippen LogP contribution in [-0.2, 0) is 21.2 Å². The van der Waals surface area contributed by atoms with Gasteiger partial charge in [0.2, 0.25) is 5.91 Å². The fraction of sp³-hybridized carbons (Fsp3) is 0.278. The zero-order valence-electron chi connectivity index (χ0n) is 15.7. The normalized spacial score (nSPS) is 11.7. The van der Waals surface area contributed by atoms with E-state index in [-0.39, 0.29) is 24.6 Å². The average molecular weight is 445 g/mol. The van der Waals surface area contributed by atoms with Gasteiger partial charge in [-0.15, -0.1) is 0 Å². The van der Waals surface area contributed by atoms with Crippen molar-refractivity contribution in [1.29, 1.82) is 0 Å². The molecule has 2 aromatic carbocycles. The van der Waals surface area contributed by atoms with Crippen molar-refractivity contribution in [3.05, 3.63) is 64.2 Å². The Kier molecular flexibility index (Phi) is 7.03. The summed E-state index contributed by atoms with van der Waals surface area (Å²) < 4.78 is 60.9. The molecule has 0 aliphatic heterocycles. The van der Waals surface area contributed by atoms with Crippen molar-refractivity contribution in [2.75, 3.05) is 18.9 Å². The minimum atomic E-state index is -5.72. The number of sulfone groups is 1. The second-order valence-corrected chi connectivity index (χ2v) is 8.24. The molecule has 2 aromatic rings. The number of carbonyl (C=O) groups is 1. The highest BCUT2D eigenvalue weighted by Gasteiger charge is 2.47. The Morgan fingerprint density at radius 1 is 1.17 bits per heavy atom. The van der Waals surface area contributed by atoms with Crippen LogP contribution in [0.2, 0.25) is 0 Å². The maximum atomic E-state index is 12.7. The third-order valence-corrected chi connectivity index (χ3v) is 5.61. The molecule has 0 bridgehead atoms. The molecule has 1 N–H and O–H groups in total. The molecule has 0 saturated carbocycles. The lowest BCUT2D eigenvalue weighted by Crippen LogP contribution is -2.27. The van der Waals surface area contributed by atoms with Gasteiger partial charge in [0.15, 0.2) is 0 Å². The number of nitro benzene ring substituents is 1. The molecule has 0 aliphatic carbocycles. The van der Waals surface area contributed by atoms with E-state index in [4.69, 9.17) is 0 Å². The second kappa shape index (κ2) is 9.11. The van der Waals surface area contributed by atoms with E-state index in [1.165, 1.54) is 4.90 Å². The topological polar surface area (TPSA) is 110 Å². The quantitative estimate of drug-likeness (QED) is 0.493. The maximum absolute atomic E-state index is 12.7. The van der Waals surface area contributed by atoms with Gasteiger partial charge in [-0.1, -0.05) is 30.3 Å². The summed E-state index contributed by atoms with van der Waals surface area (Å²) in [6.07, 6.45) is -0.0386. The number of anilines is 1. The number of halogens is 3. The fourth-order valence-electron chi connectivity index (χ4n) is 2.55. The van der Waals surface area contributed by atoms with Crippen LogP contribution >= 0.6 is 0 Å². The van der Waals surface area contributed by atoms with Crippen molar-refractivity contribution in [2.24, 2.45) is 0 Å². The molecule has 2 rings (SSSR count). The van der Waals surface area contributed by atoms with E-state index in [1.54, 1.807) is 7.05 Å². The van der Waals surface area contributed by atoms with Gasteiger partial charge in [0, 0.05) is 32.6 Å². The average Bonchev–Trinajstić information content (AvgIpc) is 2.67. The predicted molar refractivity (Wildman–Crippen MR) is 102 cm³/mol. The van der Waals surface area contributed by atoms with E-state index >= 15 is 0 Å². The highest BCUT2D eigenvalue weighted by molar-refractivity contribution is 7.92. The fourth-order valence-corrected chi connectivity index (χ4v) is 3.33. The Bertz CT molecular complexity index is 1030. The first-order valence-corrected chi connectivity index (χ1v) is 10.0. The number of nitro groups is 1. The summed E-state index contributed by atoms with van der Waals surface area (Å²) in [6.45, 7) is 0.327. The molecule has 0 aliphatic rings. The lowest BCUT2D eigenvalue weighted by atomic mass is 10.2. The van der Waals surface area contributed by atoms with Crippen LogP contribution in [0.4, 0.5) is 24.5 Å². The van der Waals surface area contributed by atoms with Crippen LogP contribution in [0.5, 0.6) is 0 Å². The third-order valence-electron chi connectivity index (χ3n) is 4.12. The maximum Gasteiger partial charge on any atom is 0.501 e. The third kappa shape index (κ3) is 5.47. The molecule has 162 valence electrons. The summed E-state index contributed by atoms with van der Waals surface area (Å²) in [5.41, 5.74) is -5.70. The zero-order valence-corrected chi connectivity index (χ0v) is 16.5. The molecule has 30 heavy (non-hydrogen) atoms. The van der Waals surface area contributed by atoms with Crippen LogP contribution < -0.4 is 5.32 Å². The van der Waals surface area contributed by atoms with Gasteiger partial charge in [-0.2, -0.15) is 13.2 Å². The van der Waals surface area contributed by atoms with Gasteiger partial charge < -0.3 is 10.2 Å². The van der Waals surface area contributed by atoms with E-state index < -0.39 is 30.9 Å². The molecule has 12 heteroatoms. The van der Waals surface area contributed by atoms with Crippen LogP contribution in [0.25, 0.3) is 0 Å². The van der Waals surface area contributed by atoms with Crippen molar-refractivity contribution in [1.82, 2.24) is 4.90 Å². The minimum Gasteiger partial charge on any atom is -0.379 e. The first-order valence-electron chi connectivity index (χ1n) is 8.55. The van der Waals surface area contributed by atoms with Crippen molar-refractivity contribution in [3.8, 4) is 0 Å². The molecule has 0 aromatic heterocycles. The number of amides is 1. The molecule has 0 unspecified atom stereocenters. The molecular formula is C18H18F3N3O5S. The molecule has 0 spiro atoms. The molecular weight excluding hydrogens is 427 g/mol. The van der Waals surface area contributed by atoms with E-state index in [1.807, 2.05) is 30.3 Å². The van der Waals surface area contributed by atoms with Gasteiger partial charge in [-0.05, 0) is 17.7 Å². The number of hydrogen-bond donors (Lipinski definition) is 1. The highest BCUT2D eigenvalue weighted by atomic mass is 32.2. The van der Waals surface area contributed by atoms with Gasteiger partial charge >= 0.3 is 5.51 Å². The highest BCUT2D eigenvalue weighted by Crippen LogP contribution is 2.34. The second-order valence-electron chi connectivity index (χ2n) is 6.30. The van der Waals surface area contributed by atoms with E-state index in [2.05, 4.69) is 5.32 Å². The summed E-state index contributed by atoms with van der Waals surface area (Å²) in [5, 5.41) is 13.8. The van der Waals surface area contributed by atoms with Crippen LogP contribution in [-0.4, -0.2) is 43.2 Å². The Morgan fingerprint density at radius 2 is 1.80 bits per heavy atom. The van der Waals surface area contributed by atoms with Gasteiger partial charge in [0.1, 0.15) is 5.69 Å². The lowest BCUT2D eigenvalue weighted by Gasteiger charge is -2.17. The monoisotopic (exact) mass is 445 g/mol. The number of hydrogen-bond acceptors (Lipinski definition) is 6. The van der Waals surface area contributed by atoms with Crippen molar-refractivity contribution >= 4 is 27.1 Å². The Labute approximate surface area is 170 Å². The zero-order chi connectivity index (χ0) is 22.5. The number of nitrogens with zero attached hydrogens (tertiary/aromatic N) is 2. The van der Waals surface area contributed by atoms with Crippen LogP contribution in [0.1, 0.15) is 12.0 Å². The summed E-state index contributed by atoms with van der Waals surface area (Å²) >= 11 is 0.